The van der Waals surface area contributed by atoms with E-state index < -0.39 is 0 Å². The van der Waals surface area contributed by atoms with Gasteiger partial charge in [-0.15, -0.1) is 0 Å². The molecule has 5 heteroatoms. The maximum Gasteiger partial charge on any atom is 0.229 e. The van der Waals surface area contributed by atoms with Crippen LogP contribution < -0.4 is 10.6 Å². The summed E-state index contributed by atoms with van der Waals surface area (Å²) in [6.45, 7) is 0.499. The third-order valence-corrected chi connectivity index (χ3v) is 1.26. The van der Waals surface area contributed by atoms with E-state index in [2.05, 4.69) is 23.3 Å². The molecule has 0 aliphatic rings. The highest BCUT2D eigenvalue weighted by Crippen LogP contribution is 1.79. The van der Waals surface area contributed by atoms with Gasteiger partial charge in [-0.1, -0.05) is 0 Å². The van der Waals surface area contributed by atoms with Gasteiger partial charge in [0.2, 0.25) is 11.8 Å². The maximum absolute atomic E-state index is 10.8. The van der Waals surface area contributed by atoms with Crippen LogP contribution in [-0.4, -0.2) is 31.2 Å². The molecule has 0 spiro atoms. The molecule has 64 valence electrons. The van der Waals surface area contributed by atoms with E-state index >= 15 is 0 Å². The van der Waals surface area contributed by atoms with E-state index in [1.807, 2.05) is 0 Å². The van der Waals surface area contributed by atoms with Crippen LogP contribution in [0.4, 0.5) is 0 Å². The fourth-order valence-corrected chi connectivity index (χ4v) is 0.604. The van der Waals surface area contributed by atoms with Crippen LogP contribution in [-0.2, 0) is 9.59 Å². The van der Waals surface area contributed by atoms with Crippen molar-refractivity contribution in [2.75, 3.05) is 19.3 Å². The molecule has 0 saturated carbocycles. The lowest BCUT2D eigenvalue weighted by Gasteiger charge is -2.00. The Morgan fingerprint density at radius 2 is 2.00 bits per heavy atom. The number of nitrogens with one attached hydrogen (secondary N) is 2. The van der Waals surface area contributed by atoms with Crippen LogP contribution in [0.2, 0.25) is 0 Å². The highest BCUT2D eigenvalue weighted by Gasteiger charge is 2.05. The van der Waals surface area contributed by atoms with E-state index in [9.17, 15) is 9.59 Å². The largest absolute Gasteiger partial charge is 0.359 e. The molecule has 0 atom stereocenters. The van der Waals surface area contributed by atoms with Crippen molar-refractivity contribution >= 4 is 24.4 Å². The van der Waals surface area contributed by atoms with Gasteiger partial charge < -0.3 is 10.6 Å². The molecule has 2 amide bonds. The Morgan fingerprint density at radius 3 is 2.45 bits per heavy atom. The van der Waals surface area contributed by atoms with Crippen molar-refractivity contribution in [3.63, 3.8) is 0 Å². The van der Waals surface area contributed by atoms with Gasteiger partial charge in [-0.3, -0.25) is 9.59 Å². The van der Waals surface area contributed by atoms with Gasteiger partial charge in [0.15, 0.2) is 0 Å². The molecule has 0 aliphatic heterocycles. The molecule has 11 heavy (non-hydrogen) atoms. The first kappa shape index (κ1) is 10.3. The molecule has 0 bridgehead atoms. The van der Waals surface area contributed by atoms with E-state index in [4.69, 9.17) is 0 Å². The summed E-state index contributed by atoms with van der Waals surface area (Å²) in [6.07, 6.45) is -0.107. The standard InChI is InChI=1S/C6H12N2O2S/c1-7-5(9)4-6(10)8-2-3-11/h11H,2-4H2,1H3,(H,7,9)(H,8,10). The van der Waals surface area contributed by atoms with E-state index in [0.717, 1.165) is 0 Å². The molecule has 0 fully saturated rings. The third kappa shape index (κ3) is 5.72. The van der Waals surface area contributed by atoms with Gasteiger partial charge in [0, 0.05) is 19.3 Å². The van der Waals surface area contributed by atoms with E-state index in [0.29, 0.717) is 12.3 Å². The summed E-state index contributed by atoms with van der Waals surface area (Å²) in [5, 5.41) is 4.87. The fraction of sp³-hybridized carbons (Fsp3) is 0.667. The highest BCUT2D eigenvalue weighted by atomic mass is 32.1. The molecule has 0 saturated heterocycles. The molecule has 0 radical (unpaired) electrons. The van der Waals surface area contributed by atoms with E-state index in [1.165, 1.54) is 7.05 Å². The topological polar surface area (TPSA) is 58.2 Å². The molecule has 4 nitrogen and oxygen atoms in total. The van der Waals surface area contributed by atoms with Gasteiger partial charge in [0.05, 0.1) is 0 Å². The molecule has 0 heterocycles. The zero-order chi connectivity index (χ0) is 8.69. The normalized spacial score (nSPS) is 8.91. The van der Waals surface area contributed by atoms with Crippen molar-refractivity contribution in [3.8, 4) is 0 Å². The van der Waals surface area contributed by atoms with Crippen LogP contribution in [0.15, 0.2) is 0 Å². The second-order valence-electron chi connectivity index (χ2n) is 1.92. The predicted molar refractivity (Wildman–Crippen MR) is 45.5 cm³/mol. The van der Waals surface area contributed by atoms with Crippen LogP contribution in [0.3, 0.4) is 0 Å². The molecular weight excluding hydrogens is 164 g/mol. The van der Waals surface area contributed by atoms with Crippen LogP contribution in [0.25, 0.3) is 0 Å². The predicted octanol–water partition coefficient (Wildman–Crippen LogP) is -0.831. The number of carbonyl (C=O) groups excluding carboxylic acids is 2. The Labute approximate surface area is 71.1 Å². The van der Waals surface area contributed by atoms with Crippen LogP contribution >= 0.6 is 12.6 Å². The quantitative estimate of drug-likeness (QED) is 0.387. The summed E-state index contributed by atoms with van der Waals surface area (Å²) in [5.74, 6) is 0.0412. The Balaban J connectivity index is 3.44. The van der Waals surface area contributed by atoms with Crippen molar-refractivity contribution < 1.29 is 9.59 Å². The van der Waals surface area contributed by atoms with Crippen molar-refractivity contribution in [1.29, 1.82) is 0 Å². The van der Waals surface area contributed by atoms with E-state index in [1.54, 1.807) is 0 Å². The Bertz CT molecular complexity index is 150. The van der Waals surface area contributed by atoms with Crippen molar-refractivity contribution in [1.82, 2.24) is 10.6 Å². The highest BCUT2D eigenvalue weighted by molar-refractivity contribution is 7.80. The Morgan fingerprint density at radius 1 is 1.36 bits per heavy atom. The summed E-state index contributed by atoms with van der Waals surface area (Å²) in [7, 11) is 1.49. The first-order valence-electron chi connectivity index (χ1n) is 3.29. The molecule has 0 aromatic heterocycles. The van der Waals surface area contributed by atoms with Crippen LogP contribution in [0, 0.1) is 0 Å². The van der Waals surface area contributed by atoms with Crippen molar-refractivity contribution in [2.24, 2.45) is 0 Å². The van der Waals surface area contributed by atoms with Crippen molar-refractivity contribution in [2.45, 2.75) is 6.42 Å². The first-order valence-corrected chi connectivity index (χ1v) is 3.92. The van der Waals surface area contributed by atoms with Gasteiger partial charge in [-0.2, -0.15) is 12.6 Å². The van der Waals surface area contributed by atoms with Crippen molar-refractivity contribution in [3.05, 3.63) is 0 Å². The summed E-state index contributed by atoms with van der Waals surface area (Å²) in [5.41, 5.74) is 0. The monoisotopic (exact) mass is 176 g/mol. The minimum absolute atomic E-state index is 0.107. The molecule has 0 aromatic carbocycles. The smallest absolute Gasteiger partial charge is 0.229 e. The maximum atomic E-state index is 10.8. The lowest BCUT2D eigenvalue weighted by Crippen LogP contribution is -2.31. The second-order valence-corrected chi connectivity index (χ2v) is 2.37. The Hall–Kier alpha value is -0.710. The lowest BCUT2D eigenvalue weighted by molar-refractivity contribution is -0.128. The number of thiol groups is 1. The lowest BCUT2D eigenvalue weighted by atomic mass is 10.4. The Kier molecular flexibility index (Phi) is 5.64. The second kappa shape index (κ2) is 6.03. The first-order chi connectivity index (χ1) is 5.20. The summed E-state index contributed by atoms with van der Waals surface area (Å²) >= 11 is 3.89. The fourth-order valence-electron chi connectivity index (χ4n) is 0.492. The summed E-state index contributed by atoms with van der Waals surface area (Å²) in [6, 6.07) is 0. The molecule has 0 aromatic rings. The van der Waals surface area contributed by atoms with Gasteiger partial charge in [0.1, 0.15) is 6.42 Å². The minimum Gasteiger partial charge on any atom is -0.359 e. The average molecular weight is 176 g/mol. The van der Waals surface area contributed by atoms with Gasteiger partial charge in [-0.25, -0.2) is 0 Å². The van der Waals surface area contributed by atoms with Crippen LogP contribution in [0.5, 0.6) is 0 Å². The number of hydrogen-bond donors (Lipinski definition) is 3. The van der Waals surface area contributed by atoms with Gasteiger partial charge in [-0.05, 0) is 0 Å². The zero-order valence-corrected chi connectivity index (χ0v) is 7.28. The minimum atomic E-state index is -0.276. The van der Waals surface area contributed by atoms with Gasteiger partial charge >= 0.3 is 0 Å². The average Bonchev–Trinajstić information content (AvgIpc) is 2.00. The third-order valence-electron chi connectivity index (χ3n) is 1.03. The number of rotatable bonds is 4. The molecule has 0 rings (SSSR count). The molecule has 0 aliphatic carbocycles. The SMILES string of the molecule is CNC(=O)CC(=O)NCCS. The number of amides is 2. The summed E-state index contributed by atoms with van der Waals surface area (Å²) in [4.78, 5) is 21.4. The van der Waals surface area contributed by atoms with Crippen LogP contribution in [0.1, 0.15) is 6.42 Å². The molecule has 0 unspecified atom stereocenters. The zero-order valence-electron chi connectivity index (χ0n) is 6.39. The number of hydrogen-bond acceptors (Lipinski definition) is 3. The van der Waals surface area contributed by atoms with E-state index in [-0.39, 0.29) is 18.2 Å². The van der Waals surface area contributed by atoms with Gasteiger partial charge in [0.25, 0.3) is 0 Å². The summed E-state index contributed by atoms with van der Waals surface area (Å²) < 4.78 is 0. The molecular formula is C6H12N2O2S. The number of carbonyl (C=O) groups is 2. The molecule has 2 N–H and O–H groups in total.